The first-order chi connectivity index (χ1) is 19.9. The van der Waals surface area contributed by atoms with Gasteiger partial charge in [-0.15, -0.1) is 11.3 Å². The lowest BCUT2D eigenvalue weighted by Gasteiger charge is -2.32. The second kappa shape index (κ2) is 10.2. The van der Waals surface area contributed by atoms with E-state index >= 15 is 0 Å². The van der Waals surface area contributed by atoms with Crippen LogP contribution in [-0.4, -0.2) is 56.3 Å². The van der Waals surface area contributed by atoms with Crippen LogP contribution >= 0.6 is 11.3 Å². The minimum atomic E-state index is -0.924. The van der Waals surface area contributed by atoms with E-state index in [1.807, 2.05) is 12.1 Å². The zero-order valence-corrected chi connectivity index (χ0v) is 23.1. The van der Waals surface area contributed by atoms with Crippen LogP contribution in [0.4, 0.5) is 4.39 Å². The normalized spacial score (nSPS) is 23.5. The number of piperidine rings is 1. The molecular formula is C30H28FN5O4S. The van der Waals surface area contributed by atoms with E-state index in [1.165, 1.54) is 17.4 Å². The van der Waals surface area contributed by atoms with Gasteiger partial charge in [0.25, 0.3) is 0 Å². The molecule has 1 aliphatic carbocycles. The lowest BCUT2D eigenvalue weighted by Crippen LogP contribution is -2.37. The molecule has 11 heteroatoms. The highest BCUT2D eigenvalue weighted by atomic mass is 32.1. The van der Waals surface area contributed by atoms with Crippen molar-refractivity contribution >= 4 is 27.7 Å². The molecule has 7 rings (SSSR count). The van der Waals surface area contributed by atoms with E-state index in [1.54, 1.807) is 24.3 Å². The fourth-order valence-corrected chi connectivity index (χ4v) is 7.05. The molecule has 0 amide bonds. The van der Waals surface area contributed by atoms with Gasteiger partial charge in [0.05, 0.1) is 42.0 Å². The summed E-state index contributed by atoms with van der Waals surface area (Å²) in [7, 11) is 0. The van der Waals surface area contributed by atoms with Gasteiger partial charge < -0.3 is 19.1 Å². The second-order valence-corrected chi connectivity index (χ2v) is 12.2. The van der Waals surface area contributed by atoms with Crippen molar-refractivity contribution in [2.24, 2.45) is 5.92 Å². The van der Waals surface area contributed by atoms with E-state index < -0.39 is 11.8 Å². The smallest absolute Gasteiger partial charge is 0.346 e. The summed E-state index contributed by atoms with van der Waals surface area (Å²) in [5.41, 5.74) is 2.58. The minimum absolute atomic E-state index is 0.0293. The third-order valence-corrected chi connectivity index (χ3v) is 9.66. The Labute approximate surface area is 239 Å². The van der Waals surface area contributed by atoms with Crippen LogP contribution in [0.15, 0.2) is 42.5 Å². The summed E-state index contributed by atoms with van der Waals surface area (Å²) < 4.78 is 28.0. The number of carboxylic acids is 1. The number of imidazole rings is 1. The molecule has 9 nitrogen and oxygen atoms in total. The molecule has 210 valence electrons. The third-order valence-electron chi connectivity index (χ3n) is 8.66. The van der Waals surface area contributed by atoms with E-state index in [4.69, 9.17) is 24.7 Å². The molecule has 3 unspecified atom stereocenters. The Bertz CT molecular complexity index is 1690. The maximum atomic E-state index is 14.3. The average molecular weight is 574 g/mol. The Balaban J connectivity index is 1.03. The molecule has 3 aliphatic rings. The van der Waals surface area contributed by atoms with Gasteiger partial charge in [-0.25, -0.2) is 19.2 Å². The molecule has 1 N–H and O–H groups in total. The van der Waals surface area contributed by atoms with Crippen molar-refractivity contribution in [3.05, 3.63) is 75.8 Å². The molecule has 4 aromatic rings. The van der Waals surface area contributed by atoms with Crippen molar-refractivity contribution in [1.82, 2.24) is 19.4 Å². The lowest BCUT2D eigenvalue weighted by atomic mass is 9.91. The van der Waals surface area contributed by atoms with E-state index in [9.17, 15) is 14.3 Å². The molecule has 2 aliphatic heterocycles. The van der Waals surface area contributed by atoms with Crippen molar-refractivity contribution in [3.63, 3.8) is 0 Å². The number of nitriles is 1. The molecular weight excluding hydrogens is 545 g/mol. The Morgan fingerprint density at radius 3 is 2.90 bits per heavy atom. The summed E-state index contributed by atoms with van der Waals surface area (Å²) in [5, 5.41) is 18.4. The van der Waals surface area contributed by atoms with Gasteiger partial charge in [-0.05, 0) is 56.0 Å². The molecule has 0 spiro atoms. The van der Waals surface area contributed by atoms with Crippen LogP contribution in [-0.2, 0) is 29.8 Å². The predicted molar refractivity (Wildman–Crippen MR) is 148 cm³/mol. The van der Waals surface area contributed by atoms with Crippen molar-refractivity contribution in [1.29, 1.82) is 5.26 Å². The van der Waals surface area contributed by atoms with Gasteiger partial charge in [-0.1, -0.05) is 12.1 Å². The van der Waals surface area contributed by atoms with Crippen LogP contribution in [0.3, 0.4) is 0 Å². The van der Waals surface area contributed by atoms with Crippen molar-refractivity contribution in [2.75, 3.05) is 19.7 Å². The zero-order valence-electron chi connectivity index (χ0n) is 22.3. The Morgan fingerprint density at radius 2 is 2.17 bits per heavy atom. The number of fused-ring (bicyclic) bond motifs is 2. The number of carbonyl (C=O) groups is 1. The Morgan fingerprint density at radius 1 is 1.29 bits per heavy atom. The van der Waals surface area contributed by atoms with Crippen LogP contribution in [0.5, 0.6) is 5.88 Å². The largest absolute Gasteiger partial charge is 0.477 e. The van der Waals surface area contributed by atoms with Gasteiger partial charge in [-0.2, -0.15) is 5.26 Å². The third kappa shape index (κ3) is 4.86. The molecule has 3 fully saturated rings. The predicted octanol–water partition coefficient (Wildman–Crippen LogP) is 4.73. The number of halogens is 1. The maximum absolute atomic E-state index is 14.3. The van der Waals surface area contributed by atoms with E-state index in [0.717, 1.165) is 60.8 Å². The fraction of sp³-hybridized carbons (Fsp3) is 0.400. The number of thiophene rings is 1. The zero-order chi connectivity index (χ0) is 28.1. The average Bonchev–Trinajstić information content (AvgIpc) is 3.40. The first kappa shape index (κ1) is 26.1. The number of pyridine rings is 1. The quantitative estimate of drug-likeness (QED) is 0.306. The summed E-state index contributed by atoms with van der Waals surface area (Å²) in [4.78, 5) is 24.7. The summed E-state index contributed by atoms with van der Waals surface area (Å²) >= 11 is 1.22. The number of hydrogen-bond donors (Lipinski definition) is 1. The van der Waals surface area contributed by atoms with Crippen LogP contribution in [0.2, 0.25) is 0 Å². The molecule has 5 heterocycles. The van der Waals surface area contributed by atoms with Crippen LogP contribution < -0.4 is 4.74 Å². The second-order valence-electron chi connectivity index (χ2n) is 11.1. The standard InChI is InChI=1S/C30H28FN5O4S/c31-22-10-18(13-32)4-5-19(22)17-40-27-3-1-2-25(33-27)30-7-8-35(14-20(30)12-30)16-26-34-28-23(11-24(41-28)29(37)38)36(26)15-21-6-9-39-21/h1-5,10-11,20-21H,6-9,12,14-17H2,(H,37,38). The molecule has 0 radical (unpaired) electrons. The summed E-state index contributed by atoms with van der Waals surface area (Å²) in [6.45, 7) is 4.04. The molecule has 1 saturated carbocycles. The highest BCUT2D eigenvalue weighted by molar-refractivity contribution is 7.20. The molecule has 2 saturated heterocycles. The van der Waals surface area contributed by atoms with Gasteiger partial charge in [0.15, 0.2) is 0 Å². The van der Waals surface area contributed by atoms with Crippen molar-refractivity contribution < 1.29 is 23.8 Å². The Kier molecular flexibility index (Phi) is 6.49. The highest BCUT2D eigenvalue weighted by Crippen LogP contribution is 2.59. The SMILES string of the molecule is N#Cc1ccc(COc2cccc(C34CCN(Cc5nc6sc(C(=O)O)cc6n5CC5CCO5)CC3C4)n2)c(F)c1. The number of aromatic nitrogens is 3. The molecule has 3 atom stereocenters. The molecule has 41 heavy (non-hydrogen) atoms. The summed E-state index contributed by atoms with van der Waals surface area (Å²) in [6, 6.07) is 13.8. The number of hydrogen-bond acceptors (Lipinski definition) is 8. The van der Waals surface area contributed by atoms with Gasteiger partial charge in [0.1, 0.15) is 28.0 Å². The topological polar surface area (TPSA) is 114 Å². The number of benzene rings is 1. The van der Waals surface area contributed by atoms with E-state index in [-0.39, 0.29) is 23.7 Å². The van der Waals surface area contributed by atoms with Crippen molar-refractivity contribution in [2.45, 2.75) is 50.5 Å². The minimum Gasteiger partial charge on any atom is -0.477 e. The van der Waals surface area contributed by atoms with Crippen LogP contribution in [0.25, 0.3) is 10.3 Å². The lowest BCUT2D eigenvalue weighted by molar-refractivity contribution is -0.0592. The highest BCUT2D eigenvalue weighted by Gasteiger charge is 2.58. The number of carboxylic acid groups (broad SMARTS) is 1. The van der Waals surface area contributed by atoms with E-state index in [2.05, 4.69) is 15.5 Å². The first-order valence-electron chi connectivity index (χ1n) is 13.8. The van der Waals surface area contributed by atoms with Crippen molar-refractivity contribution in [3.8, 4) is 11.9 Å². The molecule has 0 bridgehead atoms. The first-order valence-corrected chi connectivity index (χ1v) is 14.6. The summed E-state index contributed by atoms with van der Waals surface area (Å²) in [5.74, 6) is 0.515. The van der Waals surface area contributed by atoms with Gasteiger partial charge in [0.2, 0.25) is 5.88 Å². The number of ether oxygens (including phenoxy) is 2. The number of aromatic carboxylic acids is 1. The molecule has 3 aromatic heterocycles. The van der Waals surface area contributed by atoms with E-state index in [0.29, 0.717) is 35.3 Å². The Hall–Kier alpha value is -3.85. The van der Waals surface area contributed by atoms with Crippen LogP contribution in [0.1, 0.15) is 51.6 Å². The summed E-state index contributed by atoms with van der Waals surface area (Å²) in [6.07, 6.45) is 3.18. The van der Waals surface area contributed by atoms with Gasteiger partial charge in [-0.3, -0.25) is 4.90 Å². The molecule has 1 aromatic carbocycles. The fourth-order valence-electron chi connectivity index (χ4n) is 6.15. The van der Waals surface area contributed by atoms with Crippen LogP contribution in [0, 0.1) is 23.1 Å². The monoisotopic (exact) mass is 573 g/mol. The number of likely N-dealkylation sites (tertiary alicyclic amines) is 1. The number of rotatable bonds is 9. The number of nitrogens with zero attached hydrogens (tertiary/aromatic N) is 5. The van der Waals surface area contributed by atoms with Gasteiger partial charge in [0, 0.05) is 30.2 Å². The maximum Gasteiger partial charge on any atom is 0.346 e. The van der Waals surface area contributed by atoms with Gasteiger partial charge >= 0.3 is 5.97 Å².